The van der Waals surface area contributed by atoms with E-state index < -0.39 is 10.0 Å². The second-order valence-electron chi connectivity index (χ2n) is 8.19. The van der Waals surface area contributed by atoms with E-state index in [-0.39, 0.29) is 16.8 Å². The van der Waals surface area contributed by atoms with Crippen LogP contribution in [-0.2, 0) is 16.4 Å². The lowest BCUT2D eigenvalue weighted by Crippen LogP contribution is -2.27. The van der Waals surface area contributed by atoms with E-state index >= 15 is 0 Å². The molecule has 0 radical (unpaired) electrons. The topological polar surface area (TPSA) is 75.3 Å². The monoisotopic (exact) mass is 450 g/mol. The first-order valence-electron chi connectivity index (χ1n) is 10.7. The van der Waals surface area contributed by atoms with Gasteiger partial charge in [0.05, 0.1) is 16.6 Å². The Hall–Kier alpha value is -3.12. The van der Waals surface area contributed by atoms with Crippen LogP contribution in [0.3, 0.4) is 0 Å². The second-order valence-corrected chi connectivity index (χ2v) is 9.85. The highest BCUT2D eigenvalue weighted by Crippen LogP contribution is 2.24. The van der Waals surface area contributed by atoms with Crippen LogP contribution < -0.4 is 10.0 Å². The molecule has 168 valence electrons. The summed E-state index contributed by atoms with van der Waals surface area (Å²) >= 11 is 0. The lowest BCUT2D eigenvalue weighted by atomic mass is 10.0. The van der Waals surface area contributed by atoms with E-state index in [9.17, 15) is 13.2 Å². The van der Waals surface area contributed by atoms with Gasteiger partial charge < -0.3 is 5.32 Å². The average molecular weight is 451 g/mol. The minimum atomic E-state index is -3.85. The summed E-state index contributed by atoms with van der Waals surface area (Å²) in [4.78, 5) is 13.0. The van der Waals surface area contributed by atoms with Gasteiger partial charge in [-0.05, 0) is 74.6 Å². The number of nitrogens with one attached hydrogen (secondary N) is 2. The number of carbonyl (C=O) groups is 1. The van der Waals surface area contributed by atoms with Gasteiger partial charge >= 0.3 is 0 Å². The van der Waals surface area contributed by atoms with Crippen molar-refractivity contribution in [1.82, 2.24) is 5.32 Å². The molecule has 3 rings (SSSR count). The van der Waals surface area contributed by atoms with Gasteiger partial charge in [0.2, 0.25) is 0 Å². The Bertz CT molecular complexity index is 1230. The number of hydrogen-bond acceptors (Lipinski definition) is 3. The molecule has 0 heterocycles. The standard InChI is InChI=1S/C26H30N2O3S/c1-6-21-9-12-22(13-10-21)20(5)27-26(29)23-11-8-18(3)25(16-23)32(30,31)28-24-14-7-17(2)15-19(24)4/h7-16,20,28H,6H2,1-5H3,(H,27,29). The molecular formula is C26H30N2O3S. The lowest BCUT2D eigenvalue weighted by Gasteiger charge is -2.16. The molecule has 0 aliphatic carbocycles. The van der Waals surface area contributed by atoms with E-state index in [4.69, 9.17) is 0 Å². The van der Waals surface area contributed by atoms with Gasteiger partial charge in [0, 0.05) is 5.56 Å². The van der Waals surface area contributed by atoms with Gasteiger partial charge in [-0.15, -0.1) is 0 Å². The molecule has 1 unspecified atom stereocenters. The third-order valence-electron chi connectivity index (χ3n) is 5.60. The summed E-state index contributed by atoms with van der Waals surface area (Å²) in [5, 5.41) is 2.96. The van der Waals surface area contributed by atoms with Crippen LogP contribution in [0.1, 0.15) is 58.1 Å². The Morgan fingerprint density at radius 1 is 0.906 bits per heavy atom. The van der Waals surface area contributed by atoms with E-state index in [2.05, 4.69) is 17.0 Å². The van der Waals surface area contributed by atoms with Crippen LogP contribution in [0.4, 0.5) is 5.69 Å². The van der Waals surface area contributed by atoms with Crippen LogP contribution in [0.25, 0.3) is 0 Å². The van der Waals surface area contributed by atoms with E-state index in [1.165, 1.54) is 11.6 Å². The highest BCUT2D eigenvalue weighted by molar-refractivity contribution is 7.92. The Labute approximate surface area is 190 Å². The van der Waals surface area contributed by atoms with Crippen LogP contribution >= 0.6 is 0 Å². The van der Waals surface area contributed by atoms with Gasteiger partial charge in [-0.3, -0.25) is 9.52 Å². The van der Waals surface area contributed by atoms with Gasteiger partial charge in [-0.1, -0.05) is 55.0 Å². The third-order valence-corrected chi connectivity index (χ3v) is 7.11. The maximum Gasteiger partial charge on any atom is 0.262 e. The largest absolute Gasteiger partial charge is 0.346 e. The number of sulfonamides is 1. The van der Waals surface area contributed by atoms with E-state index in [0.29, 0.717) is 16.8 Å². The average Bonchev–Trinajstić information content (AvgIpc) is 2.75. The fraction of sp³-hybridized carbons (Fsp3) is 0.269. The van der Waals surface area contributed by atoms with Gasteiger partial charge in [-0.2, -0.15) is 0 Å². The van der Waals surface area contributed by atoms with Gasteiger partial charge in [0.15, 0.2) is 0 Å². The van der Waals surface area contributed by atoms with Crippen molar-refractivity contribution in [2.75, 3.05) is 4.72 Å². The lowest BCUT2D eigenvalue weighted by molar-refractivity contribution is 0.0939. The number of aryl methyl sites for hydroxylation is 4. The summed E-state index contributed by atoms with van der Waals surface area (Å²) in [5.41, 5.74) is 5.51. The number of amides is 1. The van der Waals surface area contributed by atoms with Crippen molar-refractivity contribution >= 4 is 21.6 Å². The van der Waals surface area contributed by atoms with Crippen molar-refractivity contribution in [2.45, 2.75) is 52.0 Å². The van der Waals surface area contributed by atoms with Crippen molar-refractivity contribution in [1.29, 1.82) is 0 Å². The summed E-state index contributed by atoms with van der Waals surface area (Å²) in [7, 11) is -3.85. The molecule has 5 nitrogen and oxygen atoms in total. The molecule has 0 bridgehead atoms. The molecular weight excluding hydrogens is 420 g/mol. The first-order valence-corrected chi connectivity index (χ1v) is 12.2. The maximum atomic E-state index is 13.1. The molecule has 0 saturated carbocycles. The second kappa shape index (κ2) is 9.57. The number of benzene rings is 3. The Balaban J connectivity index is 1.82. The zero-order valence-corrected chi connectivity index (χ0v) is 20.0. The normalized spacial score (nSPS) is 12.3. The zero-order chi connectivity index (χ0) is 23.5. The van der Waals surface area contributed by atoms with Crippen LogP contribution in [0.15, 0.2) is 65.6 Å². The summed E-state index contributed by atoms with van der Waals surface area (Å²) in [5.74, 6) is -0.319. The van der Waals surface area contributed by atoms with Crippen LogP contribution in [0, 0.1) is 20.8 Å². The summed E-state index contributed by atoms with van der Waals surface area (Å²) in [6.07, 6.45) is 0.956. The van der Waals surface area contributed by atoms with Crippen LogP contribution in [0.2, 0.25) is 0 Å². The molecule has 0 aliphatic heterocycles. The Morgan fingerprint density at radius 2 is 1.59 bits per heavy atom. The van der Waals surface area contributed by atoms with Gasteiger partial charge in [0.25, 0.3) is 15.9 Å². The molecule has 0 aliphatic rings. The minimum Gasteiger partial charge on any atom is -0.346 e. The summed E-state index contributed by atoms with van der Waals surface area (Å²) < 4.78 is 28.8. The van der Waals surface area contributed by atoms with Crippen LogP contribution in [0.5, 0.6) is 0 Å². The van der Waals surface area contributed by atoms with E-state index in [1.807, 2.05) is 57.2 Å². The molecule has 6 heteroatoms. The first kappa shape index (κ1) is 23.5. The summed E-state index contributed by atoms with van der Waals surface area (Å²) in [6.45, 7) is 9.54. The number of hydrogen-bond donors (Lipinski definition) is 2. The summed E-state index contributed by atoms with van der Waals surface area (Å²) in [6, 6.07) is 18.2. The Kier molecular flexibility index (Phi) is 7.04. The fourth-order valence-corrected chi connectivity index (χ4v) is 4.97. The van der Waals surface area contributed by atoms with Crippen LogP contribution in [-0.4, -0.2) is 14.3 Å². The number of anilines is 1. The number of carbonyl (C=O) groups excluding carboxylic acids is 1. The van der Waals surface area contributed by atoms with Crippen molar-refractivity contribution in [3.8, 4) is 0 Å². The molecule has 1 amide bonds. The van der Waals surface area contributed by atoms with E-state index in [1.54, 1.807) is 25.1 Å². The highest BCUT2D eigenvalue weighted by atomic mass is 32.2. The molecule has 0 spiro atoms. The van der Waals surface area contributed by atoms with Gasteiger partial charge in [-0.25, -0.2) is 8.42 Å². The smallest absolute Gasteiger partial charge is 0.262 e. The SMILES string of the molecule is CCc1ccc(C(C)NC(=O)c2ccc(C)c(S(=O)(=O)Nc3ccc(C)cc3C)c2)cc1. The highest BCUT2D eigenvalue weighted by Gasteiger charge is 2.21. The maximum absolute atomic E-state index is 13.1. The quantitative estimate of drug-likeness (QED) is 0.501. The number of rotatable bonds is 7. The van der Waals surface area contributed by atoms with Crippen molar-refractivity contribution in [3.05, 3.63) is 94.0 Å². The molecule has 3 aromatic rings. The van der Waals surface area contributed by atoms with Crippen molar-refractivity contribution < 1.29 is 13.2 Å². The minimum absolute atomic E-state index is 0.0880. The molecule has 32 heavy (non-hydrogen) atoms. The molecule has 2 N–H and O–H groups in total. The predicted molar refractivity (Wildman–Crippen MR) is 130 cm³/mol. The zero-order valence-electron chi connectivity index (χ0n) is 19.2. The molecule has 0 aromatic heterocycles. The molecule has 3 aromatic carbocycles. The molecule has 0 fully saturated rings. The fourth-order valence-electron chi connectivity index (χ4n) is 3.56. The van der Waals surface area contributed by atoms with Gasteiger partial charge in [0.1, 0.15) is 0 Å². The molecule has 0 saturated heterocycles. The van der Waals surface area contributed by atoms with E-state index in [0.717, 1.165) is 23.1 Å². The van der Waals surface area contributed by atoms with Crippen molar-refractivity contribution in [3.63, 3.8) is 0 Å². The Morgan fingerprint density at radius 3 is 2.22 bits per heavy atom. The third kappa shape index (κ3) is 5.37. The predicted octanol–water partition coefficient (Wildman–Crippen LogP) is 5.47. The first-order chi connectivity index (χ1) is 15.1. The van der Waals surface area contributed by atoms with Crippen molar-refractivity contribution in [2.24, 2.45) is 0 Å². The molecule has 1 atom stereocenters.